The van der Waals surface area contributed by atoms with Gasteiger partial charge < -0.3 is 5.32 Å². The molecule has 0 aromatic heterocycles. The number of anilines is 1. The summed E-state index contributed by atoms with van der Waals surface area (Å²) < 4.78 is 25.9. The number of sulfonamides is 1. The highest BCUT2D eigenvalue weighted by Gasteiger charge is 2.21. The van der Waals surface area contributed by atoms with Gasteiger partial charge in [0.05, 0.1) is 11.9 Å². The number of aryl methyl sites for hydroxylation is 3. The molecule has 0 saturated carbocycles. The Morgan fingerprint density at radius 2 is 1.63 bits per heavy atom. The highest BCUT2D eigenvalue weighted by atomic mass is 32.2. The maximum atomic E-state index is 12.3. The van der Waals surface area contributed by atoms with E-state index in [1.165, 1.54) is 16.1 Å². The molecule has 2 aromatic carbocycles. The standard InChI is InChI=1S/C21H28N2O3S/c1-17-9-7-10-18(2)21(17)23(27(3,25)26)16-14-20(24)22-15-8-13-19-11-5-4-6-12-19/h4-7,9-12H,8,13-16H2,1-3H3,(H,22,24). The number of benzene rings is 2. The van der Waals surface area contributed by atoms with E-state index in [4.69, 9.17) is 0 Å². The van der Waals surface area contributed by atoms with Gasteiger partial charge in [0.25, 0.3) is 0 Å². The van der Waals surface area contributed by atoms with Gasteiger partial charge in [-0.25, -0.2) is 8.42 Å². The second-order valence-electron chi connectivity index (χ2n) is 6.76. The van der Waals surface area contributed by atoms with Crippen molar-refractivity contribution in [1.29, 1.82) is 0 Å². The molecule has 0 bridgehead atoms. The molecule has 6 heteroatoms. The molecule has 146 valence electrons. The van der Waals surface area contributed by atoms with Crippen LogP contribution in [0.4, 0.5) is 5.69 Å². The minimum Gasteiger partial charge on any atom is -0.356 e. The average Bonchev–Trinajstić information content (AvgIpc) is 2.61. The van der Waals surface area contributed by atoms with E-state index in [9.17, 15) is 13.2 Å². The molecule has 0 aliphatic rings. The summed E-state index contributed by atoms with van der Waals surface area (Å²) in [6, 6.07) is 15.8. The maximum absolute atomic E-state index is 12.3. The van der Waals surface area contributed by atoms with Crippen molar-refractivity contribution in [3.63, 3.8) is 0 Å². The molecule has 0 fully saturated rings. The van der Waals surface area contributed by atoms with Gasteiger partial charge in [-0.05, 0) is 43.4 Å². The number of rotatable bonds is 9. The van der Waals surface area contributed by atoms with Crippen LogP contribution in [0.15, 0.2) is 48.5 Å². The summed E-state index contributed by atoms with van der Waals surface area (Å²) >= 11 is 0. The van der Waals surface area contributed by atoms with Crippen LogP contribution in [0.5, 0.6) is 0 Å². The predicted molar refractivity (Wildman–Crippen MR) is 110 cm³/mol. The number of carbonyl (C=O) groups excluding carboxylic acids is 1. The molecule has 5 nitrogen and oxygen atoms in total. The van der Waals surface area contributed by atoms with Crippen LogP contribution in [0.2, 0.25) is 0 Å². The molecule has 0 unspecified atom stereocenters. The van der Waals surface area contributed by atoms with E-state index < -0.39 is 10.0 Å². The number of para-hydroxylation sites is 1. The SMILES string of the molecule is Cc1cccc(C)c1N(CCC(=O)NCCCc1ccccc1)S(C)(=O)=O. The zero-order valence-corrected chi connectivity index (χ0v) is 17.1. The third kappa shape index (κ3) is 6.40. The number of amides is 1. The highest BCUT2D eigenvalue weighted by Crippen LogP contribution is 2.26. The normalized spacial score (nSPS) is 11.2. The van der Waals surface area contributed by atoms with E-state index in [1.807, 2.05) is 50.2 Å². The van der Waals surface area contributed by atoms with Gasteiger partial charge in [-0.1, -0.05) is 48.5 Å². The monoisotopic (exact) mass is 388 g/mol. The second kappa shape index (κ2) is 9.55. The van der Waals surface area contributed by atoms with Gasteiger partial charge in [0, 0.05) is 19.5 Å². The second-order valence-corrected chi connectivity index (χ2v) is 8.67. The Kier molecular flexibility index (Phi) is 7.42. The number of hydrogen-bond donors (Lipinski definition) is 1. The molecular formula is C21H28N2O3S. The molecule has 0 atom stereocenters. The fourth-order valence-electron chi connectivity index (χ4n) is 3.10. The number of nitrogens with zero attached hydrogens (tertiary/aromatic N) is 1. The van der Waals surface area contributed by atoms with Crippen LogP contribution < -0.4 is 9.62 Å². The van der Waals surface area contributed by atoms with Crippen LogP contribution in [0, 0.1) is 13.8 Å². The Morgan fingerprint density at radius 1 is 1.00 bits per heavy atom. The lowest BCUT2D eigenvalue weighted by Crippen LogP contribution is -2.35. The van der Waals surface area contributed by atoms with E-state index >= 15 is 0 Å². The van der Waals surface area contributed by atoms with Gasteiger partial charge in [-0.15, -0.1) is 0 Å². The van der Waals surface area contributed by atoms with E-state index in [-0.39, 0.29) is 18.9 Å². The number of hydrogen-bond acceptors (Lipinski definition) is 3. The Morgan fingerprint density at radius 3 is 2.22 bits per heavy atom. The van der Waals surface area contributed by atoms with E-state index in [2.05, 4.69) is 17.4 Å². The molecular weight excluding hydrogens is 360 g/mol. The van der Waals surface area contributed by atoms with Crippen molar-refractivity contribution < 1.29 is 13.2 Å². The van der Waals surface area contributed by atoms with Crippen molar-refractivity contribution in [2.24, 2.45) is 0 Å². The molecule has 0 saturated heterocycles. The molecule has 1 N–H and O–H groups in total. The van der Waals surface area contributed by atoms with Gasteiger partial charge in [0.1, 0.15) is 0 Å². The van der Waals surface area contributed by atoms with Crippen molar-refractivity contribution in [2.45, 2.75) is 33.1 Å². The first kappa shape index (κ1) is 21.0. The topological polar surface area (TPSA) is 66.5 Å². The van der Waals surface area contributed by atoms with E-state index in [1.54, 1.807) is 0 Å². The summed E-state index contributed by atoms with van der Waals surface area (Å²) in [5, 5.41) is 2.88. The van der Waals surface area contributed by atoms with Crippen molar-refractivity contribution in [3.8, 4) is 0 Å². The van der Waals surface area contributed by atoms with Crippen LogP contribution in [-0.2, 0) is 21.2 Å². The van der Waals surface area contributed by atoms with Crippen molar-refractivity contribution in [1.82, 2.24) is 5.32 Å². The molecule has 2 aromatic rings. The van der Waals surface area contributed by atoms with Crippen molar-refractivity contribution >= 4 is 21.6 Å². The maximum Gasteiger partial charge on any atom is 0.232 e. The number of carbonyl (C=O) groups is 1. The molecule has 0 heterocycles. The highest BCUT2D eigenvalue weighted by molar-refractivity contribution is 7.92. The van der Waals surface area contributed by atoms with Gasteiger partial charge in [0.15, 0.2) is 0 Å². The largest absolute Gasteiger partial charge is 0.356 e. The minimum absolute atomic E-state index is 0.131. The molecule has 1 amide bonds. The van der Waals surface area contributed by atoms with Crippen LogP contribution in [0.1, 0.15) is 29.5 Å². The molecule has 2 rings (SSSR count). The van der Waals surface area contributed by atoms with Gasteiger partial charge >= 0.3 is 0 Å². The summed E-state index contributed by atoms with van der Waals surface area (Å²) in [7, 11) is -3.47. The molecule has 0 spiro atoms. The summed E-state index contributed by atoms with van der Waals surface area (Å²) in [5.41, 5.74) is 3.66. The predicted octanol–water partition coefficient (Wildman–Crippen LogP) is 3.21. The first-order valence-corrected chi connectivity index (χ1v) is 11.0. The quantitative estimate of drug-likeness (QED) is 0.671. The van der Waals surface area contributed by atoms with Crippen molar-refractivity contribution in [3.05, 3.63) is 65.2 Å². The first-order chi connectivity index (χ1) is 12.8. The van der Waals surface area contributed by atoms with Gasteiger partial charge in [-0.2, -0.15) is 0 Å². The van der Waals surface area contributed by atoms with Crippen LogP contribution >= 0.6 is 0 Å². The fraction of sp³-hybridized carbons (Fsp3) is 0.381. The zero-order chi connectivity index (χ0) is 19.9. The Hall–Kier alpha value is -2.34. The van der Waals surface area contributed by atoms with E-state index in [0.717, 1.165) is 24.0 Å². The summed E-state index contributed by atoms with van der Waals surface area (Å²) in [6.45, 7) is 4.47. The smallest absolute Gasteiger partial charge is 0.232 e. The molecule has 0 aliphatic carbocycles. The lowest BCUT2D eigenvalue weighted by atomic mass is 10.1. The molecule has 27 heavy (non-hydrogen) atoms. The Balaban J connectivity index is 1.89. The Bertz CT molecular complexity index is 844. The minimum atomic E-state index is -3.47. The average molecular weight is 389 g/mol. The van der Waals surface area contributed by atoms with Gasteiger partial charge in [-0.3, -0.25) is 9.10 Å². The summed E-state index contributed by atoms with van der Waals surface area (Å²) in [6.07, 6.45) is 3.06. The van der Waals surface area contributed by atoms with E-state index in [0.29, 0.717) is 12.2 Å². The third-order valence-electron chi connectivity index (χ3n) is 4.44. The van der Waals surface area contributed by atoms with Crippen molar-refractivity contribution in [2.75, 3.05) is 23.7 Å². The van der Waals surface area contributed by atoms with Crippen LogP contribution in [0.25, 0.3) is 0 Å². The van der Waals surface area contributed by atoms with Crippen LogP contribution in [0.3, 0.4) is 0 Å². The third-order valence-corrected chi connectivity index (χ3v) is 5.60. The lowest BCUT2D eigenvalue weighted by molar-refractivity contribution is -0.120. The lowest BCUT2D eigenvalue weighted by Gasteiger charge is -2.25. The Labute approximate surface area is 162 Å². The first-order valence-electron chi connectivity index (χ1n) is 9.13. The van der Waals surface area contributed by atoms with Crippen LogP contribution in [-0.4, -0.2) is 33.7 Å². The fourth-order valence-corrected chi connectivity index (χ4v) is 4.14. The zero-order valence-electron chi connectivity index (χ0n) is 16.2. The number of nitrogens with one attached hydrogen (secondary N) is 1. The molecule has 0 aliphatic heterocycles. The summed E-state index contributed by atoms with van der Waals surface area (Å²) in [4.78, 5) is 12.2. The van der Waals surface area contributed by atoms with Gasteiger partial charge in [0.2, 0.25) is 15.9 Å². The molecule has 0 radical (unpaired) electrons. The summed E-state index contributed by atoms with van der Waals surface area (Å²) in [5.74, 6) is -0.136.